The first-order valence-corrected chi connectivity index (χ1v) is 10.1. The number of nitrogen functional groups attached to an aromatic ring is 1. The van der Waals surface area contributed by atoms with Gasteiger partial charge in [-0.1, -0.05) is 24.3 Å². The van der Waals surface area contributed by atoms with Gasteiger partial charge >= 0.3 is 0 Å². The summed E-state index contributed by atoms with van der Waals surface area (Å²) in [7, 11) is 0. The maximum atomic E-state index is 12.7. The fraction of sp³-hybridized carbons (Fsp3) is 0.263. The van der Waals surface area contributed by atoms with Gasteiger partial charge in [0.15, 0.2) is 5.13 Å². The molecule has 0 aliphatic carbocycles. The molecule has 0 saturated carbocycles. The van der Waals surface area contributed by atoms with Crippen molar-refractivity contribution in [3.05, 3.63) is 42.5 Å². The highest BCUT2D eigenvalue weighted by atomic mass is 32.2. The number of carbonyl (C=O) groups is 1. The summed E-state index contributed by atoms with van der Waals surface area (Å²) in [6.07, 6.45) is 0.713. The number of amides is 1. The number of thiazole rings is 1. The van der Waals surface area contributed by atoms with Gasteiger partial charge in [-0.2, -0.15) is 0 Å². The van der Waals surface area contributed by atoms with Crippen LogP contribution in [0.2, 0.25) is 0 Å². The van der Waals surface area contributed by atoms with Crippen LogP contribution in [0.5, 0.6) is 5.75 Å². The Kier molecular flexibility index (Phi) is 6.00. The minimum absolute atomic E-state index is 0.0518. The second kappa shape index (κ2) is 8.42. The standard InChI is InChI=1S/C19H21N3O2S2/c1-3-16(25-14-7-5-6-12(20)10-14)18(23)22-19-21-15-9-8-13(24-4-2)11-17(15)26-19/h5-11,16H,3-4,20H2,1-2H3,(H,21,22,23). The Morgan fingerprint density at radius 1 is 1.31 bits per heavy atom. The Hall–Kier alpha value is -2.25. The molecule has 0 fully saturated rings. The molecule has 5 nitrogen and oxygen atoms in total. The number of ether oxygens (including phenoxy) is 1. The van der Waals surface area contributed by atoms with Crippen molar-refractivity contribution in [3.8, 4) is 5.75 Å². The van der Waals surface area contributed by atoms with E-state index in [-0.39, 0.29) is 11.2 Å². The molecule has 0 bridgehead atoms. The summed E-state index contributed by atoms with van der Waals surface area (Å²) in [5.74, 6) is 0.759. The van der Waals surface area contributed by atoms with E-state index >= 15 is 0 Å². The van der Waals surface area contributed by atoms with Crippen LogP contribution in [0, 0.1) is 0 Å². The van der Waals surface area contributed by atoms with Crippen LogP contribution in [0.1, 0.15) is 20.3 Å². The van der Waals surface area contributed by atoms with E-state index in [1.165, 1.54) is 23.1 Å². The number of anilines is 2. The molecule has 0 saturated heterocycles. The fourth-order valence-electron chi connectivity index (χ4n) is 2.48. The molecule has 3 aromatic rings. The highest BCUT2D eigenvalue weighted by molar-refractivity contribution is 8.00. The first-order valence-electron chi connectivity index (χ1n) is 8.45. The highest BCUT2D eigenvalue weighted by Gasteiger charge is 2.19. The predicted octanol–water partition coefficient (Wildman–Crippen LogP) is 4.79. The minimum Gasteiger partial charge on any atom is -0.494 e. The number of nitrogens with one attached hydrogen (secondary N) is 1. The zero-order chi connectivity index (χ0) is 18.5. The molecule has 0 aliphatic rings. The summed E-state index contributed by atoms with van der Waals surface area (Å²) in [4.78, 5) is 18.1. The number of nitrogens with zero attached hydrogens (tertiary/aromatic N) is 1. The first kappa shape index (κ1) is 18.5. The zero-order valence-electron chi connectivity index (χ0n) is 14.7. The lowest BCUT2D eigenvalue weighted by molar-refractivity contribution is -0.115. The molecule has 1 aromatic heterocycles. The second-order valence-electron chi connectivity index (χ2n) is 5.66. The quantitative estimate of drug-likeness (QED) is 0.450. The Morgan fingerprint density at radius 3 is 2.88 bits per heavy atom. The van der Waals surface area contributed by atoms with E-state index in [0.717, 1.165) is 20.9 Å². The van der Waals surface area contributed by atoms with E-state index < -0.39 is 0 Å². The number of hydrogen-bond donors (Lipinski definition) is 2. The van der Waals surface area contributed by atoms with Gasteiger partial charge in [0, 0.05) is 10.6 Å². The van der Waals surface area contributed by atoms with Crippen molar-refractivity contribution in [2.24, 2.45) is 0 Å². The number of carbonyl (C=O) groups excluding carboxylic acids is 1. The SMILES string of the molecule is CCOc1ccc2nc(NC(=O)C(CC)Sc3cccc(N)c3)sc2c1. The molecule has 26 heavy (non-hydrogen) atoms. The van der Waals surface area contributed by atoms with Crippen LogP contribution in [-0.2, 0) is 4.79 Å². The molecule has 3 N–H and O–H groups in total. The van der Waals surface area contributed by atoms with Gasteiger partial charge in [0.25, 0.3) is 0 Å². The van der Waals surface area contributed by atoms with E-state index in [4.69, 9.17) is 10.5 Å². The Bertz CT molecular complexity index is 911. The van der Waals surface area contributed by atoms with Crippen LogP contribution < -0.4 is 15.8 Å². The number of aromatic nitrogens is 1. The van der Waals surface area contributed by atoms with Gasteiger partial charge in [-0.25, -0.2) is 4.98 Å². The van der Waals surface area contributed by atoms with Crippen LogP contribution in [0.15, 0.2) is 47.4 Å². The maximum absolute atomic E-state index is 12.7. The minimum atomic E-state index is -0.206. The Labute approximate surface area is 161 Å². The van der Waals surface area contributed by atoms with Crippen LogP contribution in [0.4, 0.5) is 10.8 Å². The van der Waals surface area contributed by atoms with Crippen molar-refractivity contribution in [1.29, 1.82) is 0 Å². The van der Waals surface area contributed by atoms with Gasteiger partial charge in [-0.3, -0.25) is 4.79 Å². The molecule has 0 radical (unpaired) electrons. The van der Waals surface area contributed by atoms with Gasteiger partial charge in [0.05, 0.1) is 22.1 Å². The number of benzene rings is 2. The van der Waals surface area contributed by atoms with Gasteiger partial charge in [0.1, 0.15) is 5.75 Å². The van der Waals surface area contributed by atoms with Crippen LogP contribution in [-0.4, -0.2) is 22.7 Å². The monoisotopic (exact) mass is 387 g/mol. The molecule has 0 aliphatic heterocycles. The van der Waals surface area contributed by atoms with Crippen molar-refractivity contribution < 1.29 is 9.53 Å². The number of fused-ring (bicyclic) bond motifs is 1. The second-order valence-corrected chi connectivity index (χ2v) is 7.96. The molecular weight excluding hydrogens is 366 g/mol. The number of hydrogen-bond acceptors (Lipinski definition) is 6. The summed E-state index contributed by atoms with van der Waals surface area (Å²) in [6, 6.07) is 13.3. The van der Waals surface area contributed by atoms with E-state index in [1.54, 1.807) is 0 Å². The average Bonchev–Trinajstić information content (AvgIpc) is 3.01. The topological polar surface area (TPSA) is 77.2 Å². The fourth-order valence-corrected chi connectivity index (χ4v) is 4.39. The van der Waals surface area contributed by atoms with Crippen molar-refractivity contribution in [2.75, 3.05) is 17.7 Å². The zero-order valence-corrected chi connectivity index (χ0v) is 16.3. The van der Waals surface area contributed by atoms with Crippen molar-refractivity contribution >= 4 is 50.0 Å². The smallest absolute Gasteiger partial charge is 0.239 e. The van der Waals surface area contributed by atoms with E-state index in [9.17, 15) is 4.79 Å². The van der Waals surface area contributed by atoms with Gasteiger partial charge in [0.2, 0.25) is 5.91 Å². The summed E-state index contributed by atoms with van der Waals surface area (Å²) in [5.41, 5.74) is 7.37. The highest BCUT2D eigenvalue weighted by Crippen LogP contribution is 2.31. The molecule has 1 atom stereocenters. The molecule has 2 aromatic carbocycles. The Morgan fingerprint density at radius 2 is 2.15 bits per heavy atom. The van der Waals surface area contributed by atoms with E-state index in [1.807, 2.05) is 56.3 Å². The van der Waals surface area contributed by atoms with Crippen LogP contribution in [0.3, 0.4) is 0 Å². The lowest BCUT2D eigenvalue weighted by Crippen LogP contribution is -2.24. The predicted molar refractivity (Wildman–Crippen MR) is 110 cm³/mol. The lowest BCUT2D eigenvalue weighted by atomic mass is 10.3. The largest absolute Gasteiger partial charge is 0.494 e. The average molecular weight is 388 g/mol. The molecular formula is C19H21N3O2S2. The van der Waals surface area contributed by atoms with Crippen molar-refractivity contribution in [1.82, 2.24) is 4.98 Å². The third-order valence-corrected chi connectivity index (χ3v) is 5.99. The molecule has 1 amide bonds. The lowest BCUT2D eigenvalue weighted by Gasteiger charge is -2.13. The van der Waals surface area contributed by atoms with Gasteiger partial charge in [-0.15, -0.1) is 11.8 Å². The maximum Gasteiger partial charge on any atom is 0.239 e. The summed E-state index contributed by atoms with van der Waals surface area (Å²) in [5, 5.41) is 3.34. The molecule has 0 spiro atoms. The number of thioether (sulfide) groups is 1. The summed E-state index contributed by atoms with van der Waals surface area (Å²) >= 11 is 2.96. The third-order valence-electron chi connectivity index (χ3n) is 3.70. The van der Waals surface area contributed by atoms with Crippen molar-refractivity contribution in [3.63, 3.8) is 0 Å². The van der Waals surface area contributed by atoms with Crippen LogP contribution >= 0.6 is 23.1 Å². The molecule has 1 heterocycles. The number of rotatable bonds is 7. The molecule has 7 heteroatoms. The van der Waals surface area contributed by atoms with E-state index in [0.29, 0.717) is 23.8 Å². The third kappa shape index (κ3) is 4.47. The molecule has 3 rings (SSSR count). The van der Waals surface area contributed by atoms with Gasteiger partial charge < -0.3 is 15.8 Å². The number of nitrogens with two attached hydrogens (primary N) is 1. The van der Waals surface area contributed by atoms with Crippen LogP contribution in [0.25, 0.3) is 10.2 Å². The normalized spacial score (nSPS) is 12.1. The first-order chi connectivity index (χ1) is 12.6. The summed E-state index contributed by atoms with van der Waals surface area (Å²) < 4.78 is 6.50. The summed E-state index contributed by atoms with van der Waals surface area (Å²) in [6.45, 7) is 4.56. The Balaban J connectivity index is 1.72. The van der Waals surface area contributed by atoms with Gasteiger partial charge in [-0.05, 0) is 49.7 Å². The molecule has 136 valence electrons. The van der Waals surface area contributed by atoms with E-state index in [2.05, 4.69) is 10.3 Å². The van der Waals surface area contributed by atoms with Crippen molar-refractivity contribution in [2.45, 2.75) is 30.4 Å². The molecule has 1 unspecified atom stereocenters.